The Balaban J connectivity index is 2.31. The van der Waals surface area contributed by atoms with Gasteiger partial charge in [0.15, 0.2) is 0 Å². The molecule has 0 saturated heterocycles. The van der Waals surface area contributed by atoms with E-state index < -0.39 is 5.91 Å². The van der Waals surface area contributed by atoms with E-state index in [1.807, 2.05) is 0 Å². The highest BCUT2D eigenvalue weighted by Crippen LogP contribution is 2.24. The van der Waals surface area contributed by atoms with E-state index in [0.717, 1.165) is 0 Å². The van der Waals surface area contributed by atoms with Crippen LogP contribution >= 0.6 is 0 Å². The number of carbonyl (C=O) groups excluding carboxylic acids is 1. The minimum absolute atomic E-state index is 0.0928. The largest absolute Gasteiger partial charge is 0.508 e. The van der Waals surface area contributed by atoms with Gasteiger partial charge in [-0.1, -0.05) is 6.07 Å². The van der Waals surface area contributed by atoms with Gasteiger partial charge in [-0.15, -0.1) is 0 Å². The fourth-order valence-electron chi connectivity index (χ4n) is 1.50. The second kappa shape index (κ2) is 4.75. The summed E-state index contributed by atoms with van der Waals surface area (Å²) in [6.45, 7) is 1.74. The summed E-state index contributed by atoms with van der Waals surface area (Å²) in [5, 5.41) is 9.31. The molecule has 0 aliphatic carbocycles. The summed E-state index contributed by atoms with van der Waals surface area (Å²) < 4.78 is 5.45. The second-order valence-corrected chi connectivity index (χ2v) is 3.80. The molecule has 2 aromatic rings. The molecule has 0 spiro atoms. The zero-order valence-electron chi connectivity index (χ0n) is 9.75. The highest BCUT2D eigenvalue weighted by atomic mass is 16.5. The number of nitrogens with zero attached hydrogens (tertiary/aromatic N) is 1. The number of benzene rings is 1. The number of pyridine rings is 1. The number of carbonyl (C=O) groups is 1. The number of hydrogen-bond acceptors (Lipinski definition) is 4. The van der Waals surface area contributed by atoms with Crippen molar-refractivity contribution < 1.29 is 14.6 Å². The first-order valence-electron chi connectivity index (χ1n) is 5.30. The lowest BCUT2D eigenvalue weighted by atomic mass is 10.2. The van der Waals surface area contributed by atoms with Gasteiger partial charge in [-0.2, -0.15) is 0 Å². The molecule has 0 aliphatic heterocycles. The highest BCUT2D eigenvalue weighted by molar-refractivity contribution is 5.93. The van der Waals surface area contributed by atoms with Gasteiger partial charge in [-0.25, -0.2) is 4.98 Å². The number of primary amides is 1. The van der Waals surface area contributed by atoms with Gasteiger partial charge in [-0.05, 0) is 25.1 Å². The van der Waals surface area contributed by atoms with Gasteiger partial charge in [0.2, 0.25) is 11.8 Å². The fourth-order valence-corrected chi connectivity index (χ4v) is 1.50. The summed E-state index contributed by atoms with van der Waals surface area (Å²) in [7, 11) is 0. The van der Waals surface area contributed by atoms with Gasteiger partial charge in [0.05, 0.1) is 0 Å². The normalized spacial score (nSPS) is 10.1. The van der Waals surface area contributed by atoms with Crippen LogP contribution < -0.4 is 10.5 Å². The predicted molar refractivity (Wildman–Crippen MR) is 65.7 cm³/mol. The molecule has 0 atom stereocenters. The minimum atomic E-state index is -0.541. The number of nitrogens with two attached hydrogens (primary N) is 1. The zero-order valence-corrected chi connectivity index (χ0v) is 9.75. The molecule has 1 aromatic carbocycles. The Bertz CT molecular complexity index is 597. The zero-order chi connectivity index (χ0) is 13.1. The lowest BCUT2D eigenvalue weighted by Gasteiger charge is -2.07. The molecule has 5 nitrogen and oxygen atoms in total. The number of ether oxygens (including phenoxy) is 1. The quantitative estimate of drug-likeness (QED) is 0.864. The Morgan fingerprint density at radius 3 is 2.78 bits per heavy atom. The molecular formula is C13H12N2O3. The standard InChI is InChI=1S/C13H12N2O3/c1-8-5-9(13(14)17)6-12(15-8)18-11-4-2-3-10(16)7-11/h2-7,16H,1H3,(H2,14,17). The second-order valence-electron chi connectivity index (χ2n) is 3.80. The monoisotopic (exact) mass is 244 g/mol. The number of aryl methyl sites for hydroxylation is 1. The molecule has 0 unspecified atom stereocenters. The number of phenolic OH excluding ortho intramolecular Hbond substituents is 1. The van der Waals surface area contributed by atoms with Crippen LogP contribution in [0.2, 0.25) is 0 Å². The van der Waals surface area contributed by atoms with E-state index in [0.29, 0.717) is 17.0 Å². The van der Waals surface area contributed by atoms with Gasteiger partial charge < -0.3 is 15.6 Å². The Hall–Kier alpha value is -2.56. The lowest BCUT2D eigenvalue weighted by molar-refractivity contribution is 0.0999. The van der Waals surface area contributed by atoms with Gasteiger partial charge in [0, 0.05) is 23.4 Å². The number of rotatable bonds is 3. The van der Waals surface area contributed by atoms with Crippen molar-refractivity contribution >= 4 is 5.91 Å². The Morgan fingerprint density at radius 1 is 1.33 bits per heavy atom. The van der Waals surface area contributed by atoms with E-state index in [9.17, 15) is 9.90 Å². The maximum atomic E-state index is 11.1. The van der Waals surface area contributed by atoms with Crippen LogP contribution in [0.15, 0.2) is 36.4 Å². The van der Waals surface area contributed by atoms with Gasteiger partial charge in [0.1, 0.15) is 11.5 Å². The van der Waals surface area contributed by atoms with Gasteiger partial charge in [0.25, 0.3) is 0 Å². The van der Waals surface area contributed by atoms with E-state index >= 15 is 0 Å². The van der Waals surface area contributed by atoms with Crippen molar-refractivity contribution in [2.75, 3.05) is 0 Å². The van der Waals surface area contributed by atoms with Crippen LogP contribution in [0.25, 0.3) is 0 Å². The van der Waals surface area contributed by atoms with E-state index in [2.05, 4.69) is 4.98 Å². The van der Waals surface area contributed by atoms with Gasteiger partial charge >= 0.3 is 0 Å². The predicted octanol–water partition coefficient (Wildman–Crippen LogP) is 1.99. The van der Waals surface area contributed by atoms with Crippen LogP contribution in [0.5, 0.6) is 17.4 Å². The molecular weight excluding hydrogens is 232 g/mol. The molecule has 92 valence electrons. The molecule has 1 heterocycles. The van der Waals surface area contributed by atoms with Crippen molar-refractivity contribution in [2.45, 2.75) is 6.92 Å². The average molecular weight is 244 g/mol. The SMILES string of the molecule is Cc1cc(C(N)=O)cc(Oc2cccc(O)c2)n1. The molecule has 2 rings (SSSR count). The Morgan fingerprint density at radius 2 is 2.11 bits per heavy atom. The van der Waals surface area contributed by atoms with E-state index in [-0.39, 0.29) is 11.6 Å². The number of amides is 1. The summed E-state index contributed by atoms with van der Waals surface area (Å²) in [6.07, 6.45) is 0. The van der Waals surface area contributed by atoms with Crippen molar-refractivity contribution in [3.05, 3.63) is 47.7 Å². The summed E-state index contributed by atoms with van der Waals surface area (Å²) in [4.78, 5) is 15.2. The maximum Gasteiger partial charge on any atom is 0.248 e. The minimum Gasteiger partial charge on any atom is -0.508 e. The molecule has 0 fully saturated rings. The summed E-state index contributed by atoms with van der Waals surface area (Å²) in [6, 6.07) is 9.35. The first kappa shape index (κ1) is 11.9. The maximum absolute atomic E-state index is 11.1. The number of aromatic nitrogens is 1. The summed E-state index contributed by atoms with van der Waals surface area (Å²) in [5.74, 6) is 0.245. The van der Waals surface area contributed by atoms with Gasteiger partial charge in [-0.3, -0.25) is 4.79 Å². The van der Waals surface area contributed by atoms with Crippen molar-refractivity contribution in [1.29, 1.82) is 0 Å². The molecule has 1 aromatic heterocycles. The fraction of sp³-hybridized carbons (Fsp3) is 0.0769. The van der Waals surface area contributed by atoms with Crippen LogP contribution in [0, 0.1) is 6.92 Å². The van der Waals surface area contributed by atoms with E-state index in [1.165, 1.54) is 18.2 Å². The van der Waals surface area contributed by atoms with E-state index in [1.54, 1.807) is 25.1 Å². The van der Waals surface area contributed by atoms with Crippen molar-refractivity contribution in [3.63, 3.8) is 0 Å². The molecule has 0 bridgehead atoms. The Kier molecular flexibility index (Phi) is 3.14. The first-order valence-corrected chi connectivity index (χ1v) is 5.30. The number of phenols is 1. The number of hydrogen-bond donors (Lipinski definition) is 2. The van der Waals surface area contributed by atoms with Crippen LogP contribution in [0.3, 0.4) is 0 Å². The third-order valence-electron chi connectivity index (χ3n) is 2.25. The van der Waals surface area contributed by atoms with Crippen molar-refractivity contribution in [3.8, 4) is 17.4 Å². The van der Waals surface area contributed by atoms with Crippen molar-refractivity contribution in [1.82, 2.24) is 4.98 Å². The topological polar surface area (TPSA) is 85.4 Å². The Labute approximate surface area is 104 Å². The lowest BCUT2D eigenvalue weighted by Crippen LogP contribution is -2.11. The summed E-state index contributed by atoms with van der Waals surface area (Å²) in [5.41, 5.74) is 6.16. The average Bonchev–Trinajstić information content (AvgIpc) is 2.28. The molecule has 5 heteroatoms. The van der Waals surface area contributed by atoms with E-state index in [4.69, 9.17) is 10.5 Å². The molecule has 0 saturated carbocycles. The van der Waals surface area contributed by atoms with Crippen LogP contribution in [0.1, 0.15) is 16.1 Å². The molecule has 3 N–H and O–H groups in total. The first-order chi connectivity index (χ1) is 8.54. The molecule has 0 radical (unpaired) electrons. The van der Waals surface area contributed by atoms with Crippen LogP contribution in [-0.2, 0) is 0 Å². The third kappa shape index (κ3) is 2.76. The highest BCUT2D eigenvalue weighted by Gasteiger charge is 2.07. The number of aromatic hydroxyl groups is 1. The molecule has 18 heavy (non-hydrogen) atoms. The van der Waals surface area contributed by atoms with Crippen molar-refractivity contribution in [2.24, 2.45) is 5.73 Å². The summed E-state index contributed by atoms with van der Waals surface area (Å²) >= 11 is 0. The molecule has 0 aliphatic rings. The third-order valence-corrected chi connectivity index (χ3v) is 2.25. The smallest absolute Gasteiger partial charge is 0.248 e. The van der Waals surface area contributed by atoms with Crippen LogP contribution in [-0.4, -0.2) is 16.0 Å². The van der Waals surface area contributed by atoms with Crippen LogP contribution in [0.4, 0.5) is 0 Å². The molecule has 1 amide bonds.